The molecule has 0 bridgehead atoms. The Balaban J connectivity index is 1.27. The molecule has 9 heteroatoms. The Morgan fingerprint density at radius 3 is 2.48 bits per heavy atom. The standard InChI is InChI=1S/C24H33ClN6O2/c25-18-5-3-17(4-6-18)13-20-16-33-21(24(32)30-9-1-2-10-30)15-31(20)19-7-11-29(12-8-19)23-14-22(26)27-28-23/h3-6,19-21H,1-2,7-16H2,(H2,26,27)/t20-,21+/m0/s1. The van der Waals surface area contributed by atoms with E-state index in [0.29, 0.717) is 31.4 Å². The molecule has 178 valence electrons. The molecule has 0 aliphatic carbocycles. The van der Waals surface area contributed by atoms with Gasteiger partial charge in [-0.3, -0.25) is 9.69 Å². The highest BCUT2D eigenvalue weighted by atomic mass is 35.5. The second-order valence-corrected chi connectivity index (χ2v) is 9.97. The zero-order chi connectivity index (χ0) is 22.8. The fourth-order valence-electron chi connectivity index (χ4n) is 5.51. The Hall–Kier alpha value is -2.16. The molecule has 0 spiro atoms. The normalized spacial score (nSPS) is 27.1. The van der Waals surface area contributed by atoms with Crippen LogP contribution in [0.1, 0.15) is 37.7 Å². The van der Waals surface area contributed by atoms with Crippen LogP contribution in [-0.4, -0.2) is 89.8 Å². The summed E-state index contributed by atoms with van der Waals surface area (Å²) in [5, 5.41) is 8.99. The van der Waals surface area contributed by atoms with E-state index >= 15 is 0 Å². The molecule has 3 saturated heterocycles. The number of nitrogens with two attached hydrogens (primary N) is 1. The molecule has 2 atom stereocenters. The van der Waals surface area contributed by atoms with E-state index in [-0.39, 0.29) is 18.1 Å². The number of piperidine rings is 1. The Morgan fingerprint density at radius 2 is 1.82 bits per heavy atom. The van der Waals surface area contributed by atoms with E-state index in [1.165, 1.54) is 5.56 Å². The molecule has 0 saturated carbocycles. The van der Waals surface area contributed by atoms with Gasteiger partial charge in [0.25, 0.3) is 5.91 Å². The van der Waals surface area contributed by atoms with Crippen molar-refractivity contribution < 1.29 is 9.53 Å². The third-order valence-electron chi connectivity index (χ3n) is 7.34. The number of hydrogen-bond donors (Lipinski definition) is 1. The first-order valence-corrected chi connectivity index (χ1v) is 12.5. The zero-order valence-corrected chi connectivity index (χ0v) is 19.8. The van der Waals surface area contributed by atoms with Gasteiger partial charge in [-0.25, -0.2) is 0 Å². The molecule has 5 rings (SSSR count). The van der Waals surface area contributed by atoms with Crippen LogP contribution in [0.25, 0.3) is 0 Å². The second-order valence-electron chi connectivity index (χ2n) is 9.54. The monoisotopic (exact) mass is 472 g/mol. The molecule has 1 aromatic rings. The first-order chi connectivity index (χ1) is 16.1. The average Bonchev–Trinajstić information content (AvgIpc) is 3.53. The Morgan fingerprint density at radius 1 is 1.09 bits per heavy atom. The number of hydrogen-bond acceptors (Lipinski definition) is 7. The summed E-state index contributed by atoms with van der Waals surface area (Å²) in [5.41, 5.74) is 7.06. The highest BCUT2D eigenvalue weighted by Gasteiger charge is 2.39. The quantitative estimate of drug-likeness (QED) is 0.725. The van der Waals surface area contributed by atoms with Crippen molar-refractivity contribution in [3.8, 4) is 0 Å². The number of benzene rings is 1. The summed E-state index contributed by atoms with van der Waals surface area (Å²) in [6, 6.07) is 8.73. The molecule has 4 aliphatic rings. The fraction of sp³-hybridized carbons (Fsp3) is 0.625. The van der Waals surface area contributed by atoms with Crippen LogP contribution in [0.3, 0.4) is 0 Å². The van der Waals surface area contributed by atoms with Crippen LogP contribution in [0.15, 0.2) is 34.5 Å². The van der Waals surface area contributed by atoms with E-state index in [4.69, 9.17) is 22.1 Å². The summed E-state index contributed by atoms with van der Waals surface area (Å²) >= 11 is 6.09. The van der Waals surface area contributed by atoms with Crippen molar-refractivity contribution in [1.29, 1.82) is 0 Å². The molecule has 2 N–H and O–H groups in total. The molecule has 4 aliphatic heterocycles. The summed E-state index contributed by atoms with van der Waals surface area (Å²) in [6.45, 7) is 4.82. The van der Waals surface area contributed by atoms with Gasteiger partial charge in [0, 0.05) is 49.8 Å². The molecule has 1 amide bonds. The summed E-state index contributed by atoms with van der Waals surface area (Å²) in [4.78, 5) is 19.9. The van der Waals surface area contributed by atoms with Gasteiger partial charge >= 0.3 is 0 Å². The maximum absolute atomic E-state index is 13.1. The number of ether oxygens (including phenoxy) is 1. The third kappa shape index (κ3) is 5.18. The Kier molecular flexibility index (Phi) is 6.85. The topological polar surface area (TPSA) is 86.8 Å². The molecule has 8 nitrogen and oxygen atoms in total. The van der Waals surface area contributed by atoms with Gasteiger partial charge in [-0.2, -0.15) is 0 Å². The first kappa shape index (κ1) is 22.6. The Bertz CT molecular complexity index is 906. The van der Waals surface area contributed by atoms with Crippen LogP contribution in [0.5, 0.6) is 0 Å². The lowest BCUT2D eigenvalue weighted by atomic mass is 9.96. The lowest BCUT2D eigenvalue weighted by molar-refractivity contribution is -0.154. The summed E-state index contributed by atoms with van der Waals surface area (Å²) in [7, 11) is 0. The van der Waals surface area contributed by atoms with E-state index in [0.717, 1.165) is 69.1 Å². The second kappa shape index (κ2) is 9.99. The van der Waals surface area contributed by atoms with E-state index < -0.39 is 0 Å². The number of likely N-dealkylation sites (tertiary alicyclic amines) is 2. The van der Waals surface area contributed by atoms with Crippen molar-refractivity contribution in [1.82, 2.24) is 14.7 Å². The average molecular weight is 473 g/mol. The van der Waals surface area contributed by atoms with Crippen molar-refractivity contribution in [2.75, 3.05) is 39.3 Å². The smallest absolute Gasteiger partial charge is 0.253 e. The maximum Gasteiger partial charge on any atom is 0.253 e. The number of rotatable bonds is 4. The van der Waals surface area contributed by atoms with Crippen LogP contribution < -0.4 is 5.73 Å². The molecule has 1 aromatic carbocycles. The van der Waals surface area contributed by atoms with Crippen molar-refractivity contribution >= 4 is 29.2 Å². The van der Waals surface area contributed by atoms with E-state index in [2.05, 4.69) is 32.1 Å². The molecular formula is C24H33ClN6O2. The highest BCUT2D eigenvalue weighted by Crippen LogP contribution is 2.27. The van der Waals surface area contributed by atoms with Gasteiger partial charge in [-0.1, -0.05) is 23.7 Å². The molecule has 0 radical (unpaired) electrons. The van der Waals surface area contributed by atoms with Gasteiger partial charge in [0.1, 0.15) is 17.8 Å². The third-order valence-corrected chi connectivity index (χ3v) is 7.60. The lowest BCUT2D eigenvalue weighted by Gasteiger charge is -2.47. The van der Waals surface area contributed by atoms with Crippen molar-refractivity contribution in [3.63, 3.8) is 0 Å². The summed E-state index contributed by atoms with van der Waals surface area (Å²) in [6.07, 6.45) is 5.42. The van der Waals surface area contributed by atoms with Crippen LogP contribution in [0, 0.1) is 0 Å². The maximum atomic E-state index is 13.1. The van der Waals surface area contributed by atoms with Crippen molar-refractivity contribution in [2.24, 2.45) is 15.9 Å². The van der Waals surface area contributed by atoms with Crippen LogP contribution in [0.4, 0.5) is 0 Å². The fourth-order valence-corrected chi connectivity index (χ4v) is 5.63. The number of carbonyl (C=O) groups is 1. The number of amides is 1. The van der Waals surface area contributed by atoms with Crippen LogP contribution in [-0.2, 0) is 16.0 Å². The molecule has 33 heavy (non-hydrogen) atoms. The van der Waals surface area contributed by atoms with Gasteiger partial charge in [0.15, 0.2) is 0 Å². The molecule has 0 unspecified atom stereocenters. The number of nitrogens with zero attached hydrogens (tertiary/aromatic N) is 5. The molecule has 3 fully saturated rings. The van der Waals surface area contributed by atoms with E-state index in [1.807, 2.05) is 17.0 Å². The van der Waals surface area contributed by atoms with Gasteiger partial charge < -0.3 is 20.3 Å². The highest BCUT2D eigenvalue weighted by molar-refractivity contribution is 6.30. The number of amidine groups is 2. The van der Waals surface area contributed by atoms with Crippen LogP contribution >= 0.6 is 11.6 Å². The number of halogens is 1. The van der Waals surface area contributed by atoms with Gasteiger partial charge in [0.05, 0.1) is 13.0 Å². The molecule has 0 aromatic heterocycles. The first-order valence-electron chi connectivity index (χ1n) is 12.1. The van der Waals surface area contributed by atoms with Gasteiger partial charge in [-0.05, 0) is 49.8 Å². The van der Waals surface area contributed by atoms with Gasteiger partial charge in [0.2, 0.25) is 0 Å². The summed E-state index contributed by atoms with van der Waals surface area (Å²) in [5.74, 6) is 1.73. The van der Waals surface area contributed by atoms with Crippen LogP contribution in [0.2, 0.25) is 5.02 Å². The van der Waals surface area contributed by atoms with E-state index in [1.54, 1.807) is 0 Å². The number of carbonyl (C=O) groups excluding carboxylic acids is 1. The predicted molar refractivity (Wildman–Crippen MR) is 129 cm³/mol. The lowest BCUT2D eigenvalue weighted by Crippen LogP contribution is -2.60. The zero-order valence-electron chi connectivity index (χ0n) is 19.0. The van der Waals surface area contributed by atoms with Crippen molar-refractivity contribution in [2.45, 2.75) is 56.7 Å². The predicted octanol–water partition coefficient (Wildman–Crippen LogP) is 2.11. The minimum absolute atomic E-state index is 0.160. The van der Waals surface area contributed by atoms with E-state index in [9.17, 15) is 4.79 Å². The van der Waals surface area contributed by atoms with Gasteiger partial charge in [-0.15, -0.1) is 10.2 Å². The Labute approximate surface area is 200 Å². The molecule has 4 heterocycles. The summed E-state index contributed by atoms with van der Waals surface area (Å²) < 4.78 is 6.18. The minimum Gasteiger partial charge on any atom is -0.385 e. The van der Waals surface area contributed by atoms with Crippen molar-refractivity contribution in [3.05, 3.63) is 34.9 Å². The molecular weight excluding hydrogens is 440 g/mol. The minimum atomic E-state index is -0.366. The number of morpholine rings is 1. The largest absolute Gasteiger partial charge is 0.385 e. The SMILES string of the molecule is NC1=NN=C(N2CCC(N3C[C@H](C(=O)N4CCCC4)OC[C@@H]3Cc3ccc(Cl)cc3)CC2)C1.